The van der Waals surface area contributed by atoms with Crippen LogP contribution in [0.1, 0.15) is 17.7 Å². The molecule has 0 saturated carbocycles. The van der Waals surface area contributed by atoms with E-state index < -0.39 is 24.5 Å². The minimum absolute atomic E-state index is 0.130. The molecule has 26 heavy (non-hydrogen) atoms. The van der Waals surface area contributed by atoms with Gasteiger partial charge in [0.2, 0.25) is 0 Å². The van der Waals surface area contributed by atoms with E-state index in [1.807, 2.05) is 47.8 Å². The second-order valence-corrected chi connectivity index (χ2v) is 6.27. The zero-order chi connectivity index (χ0) is 18.6. The van der Waals surface area contributed by atoms with Gasteiger partial charge in [0.25, 0.3) is 5.91 Å². The van der Waals surface area contributed by atoms with Crippen LogP contribution >= 0.6 is 11.3 Å². The number of imide groups is 1. The SMILES string of the molecule is O=C(COC(=O)CCCOc1ccccc1)NC(=O)NCc1cccs1. The topological polar surface area (TPSA) is 93.7 Å². The van der Waals surface area contributed by atoms with Crippen molar-refractivity contribution in [2.24, 2.45) is 0 Å². The summed E-state index contributed by atoms with van der Waals surface area (Å²) in [5.41, 5.74) is 0. The molecule has 2 rings (SSSR count). The fourth-order valence-corrected chi connectivity index (χ4v) is 2.57. The molecule has 2 aromatic rings. The van der Waals surface area contributed by atoms with Crippen molar-refractivity contribution in [3.8, 4) is 5.75 Å². The Morgan fingerprint density at radius 3 is 2.58 bits per heavy atom. The van der Waals surface area contributed by atoms with Crippen molar-refractivity contribution in [2.75, 3.05) is 13.2 Å². The van der Waals surface area contributed by atoms with E-state index in [-0.39, 0.29) is 6.42 Å². The number of thiophene rings is 1. The third-order valence-corrected chi connectivity index (χ3v) is 4.03. The number of para-hydroxylation sites is 1. The summed E-state index contributed by atoms with van der Waals surface area (Å²) in [5, 5.41) is 6.54. The van der Waals surface area contributed by atoms with E-state index in [4.69, 9.17) is 9.47 Å². The van der Waals surface area contributed by atoms with Gasteiger partial charge in [-0.3, -0.25) is 14.9 Å². The Morgan fingerprint density at radius 2 is 1.85 bits per heavy atom. The molecule has 0 radical (unpaired) electrons. The van der Waals surface area contributed by atoms with Crippen LogP contribution in [-0.2, 0) is 20.9 Å². The van der Waals surface area contributed by atoms with E-state index in [1.54, 1.807) is 0 Å². The molecule has 0 spiro atoms. The molecule has 1 heterocycles. The predicted octanol–water partition coefficient (Wildman–Crippen LogP) is 2.48. The van der Waals surface area contributed by atoms with Gasteiger partial charge in [0.1, 0.15) is 5.75 Å². The van der Waals surface area contributed by atoms with Gasteiger partial charge < -0.3 is 14.8 Å². The van der Waals surface area contributed by atoms with Gasteiger partial charge in [0.15, 0.2) is 6.61 Å². The van der Waals surface area contributed by atoms with Crippen molar-refractivity contribution in [1.82, 2.24) is 10.6 Å². The van der Waals surface area contributed by atoms with E-state index in [0.717, 1.165) is 10.6 Å². The molecular weight excluding hydrogens is 356 g/mol. The lowest BCUT2D eigenvalue weighted by Crippen LogP contribution is -2.41. The number of hydrogen-bond donors (Lipinski definition) is 2. The quantitative estimate of drug-likeness (QED) is 0.518. The monoisotopic (exact) mass is 376 g/mol. The van der Waals surface area contributed by atoms with Gasteiger partial charge in [-0.25, -0.2) is 4.79 Å². The Hall–Kier alpha value is -2.87. The Kier molecular flexibility index (Phi) is 8.14. The highest BCUT2D eigenvalue weighted by Crippen LogP contribution is 2.09. The molecule has 0 aliphatic rings. The predicted molar refractivity (Wildman–Crippen MR) is 96.8 cm³/mol. The van der Waals surface area contributed by atoms with Gasteiger partial charge in [0, 0.05) is 11.3 Å². The number of hydrogen-bond acceptors (Lipinski definition) is 6. The average molecular weight is 376 g/mol. The molecule has 1 aromatic carbocycles. The van der Waals surface area contributed by atoms with Crippen LogP contribution in [0.3, 0.4) is 0 Å². The van der Waals surface area contributed by atoms with Gasteiger partial charge in [-0.2, -0.15) is 0 Å². The number of benzene rings is 1. The molecule has 3 amide bonds. The van der Waals surface area contributed by atoms with Gasteiger partial charge in [-0.1, -0.05) is 24.3 Å². The van der Waals surface area contributed by atoms with Crippen molar-refractivity contribution in [3.63, 3.8) is 0 Å². The van der Waals surface area contributed by atoms with Crippen molar-refractivity contribution in [1.29, 1.82) is 0 Å². The molecular formula is C18H20N2O5S. The maximum absolute atomic E-state index is 11.6. The average Bonchev–Trinajstić information content (AvgIpc) is 3.16. The largest absolute Gasteiger partial charge is 0.494 e. The molecule has 1 aromatic heterocycles. The lowest BCUT2D eigenvalue weighted by Gasteiger charge is -2.07. The number of carbonyl (C=O) groups is 3. The summed E-state index contributed by atoms with van der Waals surface area (Å²) in [6.45, 7) is 0.208. The molecule has 0 unspecified atom stereocenters. The van der Waals surface area contributed by atoms with E-state index in [1.165, 1.54) is 11.3 Å². The zero-order valence-corrected chi connectivity index (χ0v) is 14.9. The van der Waals surface area contributed by atoms with Crippen LogP contribution in [0.25, 0.3) is 0 Å². The number of ether oxygens (including phenoxy) is 2. The number of rotatable bonds is 9. The summed E-state index contributed by atoms with van der Waals surface area (Å²) in [4.78, 5) is 35.6. The van der Waals surface area contributed by atoms with Crippen molar-refractivity contribution in [3.05, 3.63) is 52.7 Å². The summed E-state index contributed by atoms with van der Waals surface area (Å²) in [6.07, 6.45) is 0.599. The summed E-state index contributed by atoms with van der Waals surface area (Å²) < 4.78 is 10.3. The molecule has 0 aliphatic heterocycles. The highest BCUT2D eigenvalue weighted by molar-refractivity contribution is 7.09. The highest BCUT2D eigenvalue weighted by atomic mass is 32.1. The molecule has 2 N–H and O–H groups in total. The molecule has 138 valence electrons. The third-order valence-electron chi connectivity index (χ3n) is 3.16. The van der Waals surface area contributed by atoms with Gasteiger partial charge in [0.05, 0.1) is 13.2 Å². The van der Waals surface area contributed by atoms with E-state index in [0.29, 0.717) is 19.6 Å². The van der Waals surface area contributed by atoms with Crippen LogP contribution in [0.5, 0.6) is 5.75 Å². The summed E-state index contributed by atoms with van der Waals surface area (Å²) in [5.74, 6) is -0.466. The number of carbonyl (C=O) groups excluding carboxylic acids is 3. The molecule has 7 nitrogen and oxygen atoms in total. The second-order valence-electron chi connectivity index (χ2n) is 5.24. The third kappa shape index (κ3) is 7.80. The first-order valence-electron chi connectivity index (χ1n) is 8.07. The molecule has 0 bridgehead atoms. The van der Waals surface area contributed by atoms with Crippen LogP contribution in [0.2, 0.25) is 0 Å². The fraction of sp³-hybridized carbons (Fsp3) is 0.278. The van der Waals surface area contributed by atoms with E-state index in [2.05, 4.69) is 10.6 Å². The zero-order valence-electron chi connectivity index (χ0n) is 14.1. The first kappa shape index (κ1) is 19.5. The minimum Gasteiger partial charge on any atom is -0.494 e. The molecule has 0 saturated heterocycles. The van der Waals surface area contributed by atoms with Crippen LogP contribution < -0.4 is 15.4 Å². The lowest BCUT2D eigenvalue weighted by molar-refractivity contribution is -0.148. The number of urea groups is 1. The number of nitrogens with one attached hydrogen (secondary N) is 2. The molecule has 0 atom stereocenters. The minimum atomic E-state index is -0.678. The van der Waals surface area contributed by atoms with Crippen molar-refractivity contribution < 1.29 is 23.9 Å². The second kappa shape index (κ2) is 10.9. The Labute approximate surface area is 155 Å². The smallest absolute Gasteiger partial charge is 0.321 e. The molecule has 8 heteroatoms. The normalized spacial score (nSPS) is 10.0. The first-order valence-corrected chi connectivity index (χ1v) is 8.95. The Morgan fingerprint density at radius 1 is 1.04 bits per heavy atom. The van der Waals surface area contributed by atoms with Crippen LogP contribution in [0.15, 0.2) is 47.8 Å². The highest BCUT2D eigenvalue weighted by Gasteiger charge is 2.11. The first-order chi connectivity index (χ1) is 12.6. The van der Waals surface area contributed by atoms with Crippen molar-refractivity contribution in [2.45, 2.75) is 19.4 Å². The molecule has 0 aliphatic carbocycles. The number of esters is 1. The maximum Gasteiger partial charge on any atom is 0.321 e. The summed E-state index contributed by atoms with van der Waals surface area (Å²) in [7, 11) is 0. The van der Waals surface area contributed by atoms with Crippen LogP contribution in [0.4, 0.5) is 4.79 Å². The standard InChI is InChI=1S/C18H20N2O5S/c21-16(20-18(23)19-12-15-8-5-11-26-15)13-25-17(22)9-4-10-24-14-6-2-1-3-7-14/h1-3,5-8,11H,4,9-10,12-13H2,(H2,19,20,21,23). The Balaban J connectivity index is 1.52. The van der Waals surface area contributed by atoms with E-state index >= 15 is 0 Å². The lowest BCUT2D eigenvalue weighted by atomic mass is 10.3. The van der Waals surface area contributed by atoms with Gasteiger partial charge in [-0.15, -0.1) is 11.3 Å². The summed E-state index contributed by atoms with van der Waals surface area (Å²) >= 11 is 1.50. The maximum atomic E-state index is 11.6. The fourth-order valence-electron chi connectivity index (χ4n) is 1.93. The van der Waals surface area contributed by atoms with Crippen LogP contribution in [-0.4, -0.2) is 31.1 Å². The van der Waals surface area contributed by atoms with E-state index in [9.17, 15) is 14.4 Å². The molecule has 0 fully saturated rings. The van der Waals surface area contributed by atoms with Crippen LogP contribution in [0, 0.1) is 0 Å². The van der Waals surface area contributed by atoms with Gasteiger partial charge in [-0.05, 0) is 30.0 Å². The Bertz CT molecular complexity index is 704. The van der Waals surface area contributed by atoms with Crippen molar-refractivity contribution >= 4 is 29.2 Å². The number of amides is 3. The summed E-state index contributed by atoms with van der Waals surface area (Å²) in [6, 6.07) is 12.4. The van der Waals surface area contributed by atoms with Gasteiger partial charge >= 0.3 is 12.0 Å².